The number of carbonyl (C=O) groups excluding carboxylic acids is 4. The van der Waals surface area contributed by atoms with Crippen molar-refractivity contribution >= 4 is 40.5 Å². The third-order valence-electron chi connectivity index (χ3n) is 11.1. The van der Waals surface area contributed by atoms with E-state index in [9.17, 15) is 23.6 Å². The molecule has 2 aromatic rings. The van der Waals surface area contributed by atoms with Crippen LogP contribution in [0.15, 0.2) is 28.7 Å². The molecule has 3 aliphatic rings. The summed E-state index contributed by atoms with van der Waals surface area (Å²) >= 11 is 0. The number of alkyl halides is 1. The third kappa shape index (κ3) is 9.25. The minimum Gasteiger partial charge on any atom is -0.457 e. The summed E-state index contributed by atoms with van der Waals surface area (Å²) in [5.41, 5.74) is -0.236. The number of alkyl carbamates (subject to hydrolysis) is 1. The number of fused-ring (bicyclic) bond motifs is 1. The summed E-state index contributed by atoms with van der Waals surface area (Å²) in [4.78, 5) is 55.4. The molecule has 288 valence electrons. The van der Waals surface area contributed by atoms with Gasteiger partial charge < -0.3 is 38.9 Å². The van der Waals surface area contributed by atoms with E-state index in [0.717, 1.165) is 32.1 Å². The molecule has 0 bridgehead atoms. The van der Waals surface area contributed by atoms with Crippen LogP contribution < -0.4 is 10.6 Å². The molecule has 0 radical (unpaired) electrons. The van der Waals surface area contributed by atoms with E-state index in [0.29, 0.717) is 55.3 Å². The van der Waals surface area contributed by atoms with E-state index in [-0.39, 0.29) is 48.0 Å². The van der Waals surface area contributed by atoms with Crippen LogP contribution in [0.2, 0.25) is 0 Å². The van der Waals surface area contributed by atoms with Crippen LogP contribution in [0.4, 0.5) is 14.9 Å². The average molecular weight is 730 g/mol. The number of nitrogens with zero attached hydrogens (tertiary/aromatic N) is 1. The summed E-state index contributed by atoms with van der Waals surface area (Å²) in [6, 6.07) is 5.28. The number of anilines is 1. The maximum absolute atomic E-state index is 14.4. The molecule has 5 rings (SSSR count). The second-order valence-electron chi connectivity index (χ2n) is 15.7. The smallest absolute Gasteiger partial charge is 0.407 e. The highest BCUT2D eigenvalue weighted by molar-refractivity contribution is 6.00. The predicted molar refractivity (Wildman–Crippen MR) is 193 cm³/mol. The molecule has 12 nitrogen and oxygen atoms in total. The molecule has 3 amide bonds. The maximum Gasteiger partial charge on any atom is 0.407 e. The van der Waals surface area contributed by atoms with E-state index in [1.165, 1.54) is 7.11 Å². The Balaban J connectivity index is 1.30. The zero-order valence-electron chi connectivity index (χ0n) is 31.5. The molecule has 2 N–H and O–H groups in total. The maximum atomic E-state index is 14.4. The first-order valence-electron chi connectivity index (χ1n) is 18.7. The third-order valence-corrected chi connectivity index (χ3v) is 11.1. The number of nitrogens with one attached hydrogen (secondary N) is 2. The number of carbonyl (C=O) groups is 4. The first-order valence-corrected chi connectivity index (χ1v) is 18.7. The number of furan rings is 1. The van der Waals surface area contributed by atoms with Gasteiger partial charge in [-0.3, -0.25) is 9.59 Å². The zero-order valence-corrected chi connectivity index (χ0v) is 31.5. The Kier molecular flexibility index (Phi) is 12.9. The van der Waals surface area contributed by atoms with Crippen molar-refractivity contribution in [3.63, 3.8) is 0 Å². The van der Waals surface area contributed by atoms with Gasteiger partial charge in [-0.2, -0.15) is 0 Å². The molecule has 3 fully saturated rings. The van der Waals surface area contributed by atoms with Gasteiger partial charge in [0, 0.05) is 43.7 Å². The largest absolute Gasteiger partial charge is 0.457 e. The fraction of sp³-hybridized carbons (Fsp3) is 0.692. The van der Waals surface area contributed by atoms with Crippen LogP contribution in [0, 0.1) is 17.8 Å². The number of amides is 3. The van der Waals surface area contributed by atoms with Crippen molar-refractivity contribution in [2.75, 3.05) is 39.4 Å². The van der Waals surface area contributed by atoms with Gasteiger partial charge >= 0.3 is 12.1 Å². The number of hydrogen-bond acceptors (Lipinski definition) is 9. The number of halogens is 1. The van der Waals surface area contributed by atoms with Crippen LogP contribution in [0.5, 0.6) is 0 Å². The van der Waals surface area contributed by atoms with Crippen LogP contribution >= 0.6 is 0 Å². The Hall–Kier alpha value is -3.71. The van der Waals surface area contributed by atoms with Crippen molar-refractivity contribution in [1.29, 1.82) is 0 Å². The molecule has 2 heterocycles. The van der Waals surface area contributed by atoms with Gasteiger partial charge in [-0.25, -0.2) is 14.0 Å². The van der Waals surface area contributed by atoms with Crippen LogP contribution in [0.1, 0.15) is 102 Å². The van der Waals surface area contributed by atoms with Crippen molar-refractivity contribution in [2.24, 2.45) is 17.8 Å². The molecule has 1 aromatic heterocycles. The van der Waals surface area contributed by atoms with Gasteiger partial charge in [-0.05, 0) is 103 Å². The molecular weight excluding hydrogens is 673 g/mol. The molecule has 4 atom stereocenters. The number of benzene rings is 1. The fourth-order valence-electron chi connectivity index (χ4n) is 8.31. The second-order valence-corrected chi connectivity index (χ2v) is 15.7. The van der Waals surface area contributed by atoms with E-state index >= 15 is 0 Å². The number of methoxy groups -OCH3 is 2. The SMILES string of the molecule is CO[C@H](C)COC(=O)c1cc2cc(NC(=O)[C@@H]3[C@H](C4(OC)CCCCC4)CCN3C(=O)C3CCC([C@@H](CF)NC(=O)OC(C)(C)C)CC3)ccc2o1. The Morgan fingerprint density at radius 3 is 2.37 bits per heavy atom. The highest BCUT2D eigenvalue weighted by Crippen LogP contribution is 2.46. The highest BCUT2D eigenvalue weighted by Gasteiger charge is 2.53. The lowest BCUT2D eigenvalue weighted by molar-refractivity contribution is -0.146. The Morgan fingerprint density at radius 1 is 1.02 bits per heavy atom. The van der Waals surface area contributed by atoms with Gasteiger partial charge in [-0.1, -0.05) is 19.3 Å². The van der Waals surface area contributed by atoms with Crippen molar-refractivity contribution in [1.82, 2.24) is 10.2 Å². The minimum atomic E-state index is -0.746. The van der Waals surface area contributed by atoms with Crippen LogP contribution in [-0.4, -0.2) is 92.2 Å². The number of rotatable bonds is 12. The summed E-state index contributed by atoms with van der Waals surface area (Å²) in [5, 5.41) is 6.37. The van der Waals surface area contributed by atoms with Gasteiger partial charge in [0.1, 0.15) is 30.5 Å². The van der Waals surface area contributed by atoms with Crippen molar-refractivity contribution < 1.29 is 46.9 Å². The predicted octanol–water partition coefficient (Wildman–Crippen LogP) is 6.80. The Labute approximate surface area is 305 Å². The zero-order chi connectivity index (χ0) is 37.6. The standard InChI is InChI=1S/C39H56FN3O9/c1-24(48-5)23-50-36(46)32-21-27-20-28(14-15-31(27)51-32)41-34(44)33-29(39(49-6)17-8-7-9-18-39)16-19-43(33)35(45)26-12-10-25(11-13-26)30(22-40)42-37(47)52-38(2,3)4/h14-15,20-21,24-26,29-30,33H,7-13,16-19,22-23H2,1-6H3,(H,41,44)(H,42,47)/t24-,25?,26?,29-,30-,33+/m1/s1. The molecule has 1 aromatic carbocycles. The molecule has 0 spiro atoms. The molecule has 2 aliphatic carbocycles. The number of likely N-dealkylation sites (tertiary alicyclic amines) is 1. The van der Waals surface area contributed by atoms with E-state index in [4.69, 9.17) is 23.4 Å². The summed E-state index contributed by atoms with van der Waals surface area (Å²) in [6.45, 7) is 6.86. The molecule has 2 saturated carbocycles. The Bertz CT molecular complexity index is 1560. The van der Waals surface area contributed by atoms with Gasteiger partial charge in [0.05, 0.1) is 17.7 Å². The summed E-state index contributed by atoms with van der Waals surface area (Å²) in [6.07, 6.45) is 6.69. The molecule has 52 heavy (non-hydrogen) atoms. The molecular formula is C39H56FN3O9. The number of esters is 1. The van der Waals surface area contributed by atoms with E-state index < -0.39 is 42.0 Å². The topological polar surface area (TPSA) is 146 Å². The highest BCUT2D eigenvalue weighted by atomic mass is 19.1. The number of ether oxygens (including phenoxy) is 4. The van der Waals surface area contributed by atoms with Crippen molar-refractivity contribution in [3.8, 4) is 0 Å². The van der Waals surface area contributed by atoms with Crippen LogP contribution in [0.3, 0.4) is 0 Å². The molecule has 13 heteroatoms. The van der Waals surface area contributed by atoms with E-state index in [2.05, 4.69) is 10.6 Å². The number of hydrogen-bond donors (Lipinski definition) is 2. The Morgan fingerprint density at radius 2 is 1.73 bits per heavy atom. The minimum absolute atomic E-state index is 0.0434. The average Bonchev–Trinajstić information content (AvgIpc) is 3.77. The quantitative estimate of drug-likeness (QED) is 0.225. The van der Waals surface area contributed by atoms with Crippen molar-refractivity contribution in [2.45, 2.75) is 121 Å². The molecule has 1 saturated heterocycles. The van der Waals surface area contributed by atoms with Crippen LogP contribution in [-0.2, 0) is 28.5 Å². The van der Waals surface area contributed by atoms with Gasteiger partial charge in [0.15, 0.2) is 0 Å². The van der Waals surface area contributed by atoms with Gasteiger partial charge in [0.25, 0.3) is 0 Å². The monoisotopic (exact) mass is 729 g/mol. The second kappa shape index (κ2) is 17.0. The normalized spacial score (nSPS) is 24.6. The molecule has 1 aliphatic heterocycles. The fourth-order valence-corrected chi connectivity index (χ4v) is 8.31. The van der Waals surface area contributed by atoms with E-state index in [1.54, 1.807) is 64.0 Å². The summed E-state index contributed by atoms with van der Waals surface area (Å²) in [7, 11) is 3.25. The van der Waals surface area contributed by atoms with Gasteiger partial charge in [-0.15, -0.1) is 0 Å². The van der Waals surface area contributed by atoms with E-state index in [1.807, 2.05) is 0 Å². The first-order chi connectivity index (χ1) is 24.8. The summed E-state index contributed by atoms with van der Waals surface area (Å²) in [5.74, 6) is -1.57. The van der Waals surface area contributed by atoms with Crippen LogP contribution in [0.25, 0.3) is 11.0 Å². The first kappa shape index (κ1) is 39.5. The lowest BCUT2D eigenvalue weighted by atomic mass is 9.72. The van der Waals surface area contributed by atoms with Crippen molar-refractivity contribution in [3.05, 3.63) is 30.0 Å². The lowest BCUT2D eigenvalue weighted by Gasteiger charge is -2.44. The van der Waals surface area contributed by atoms with Gasteiger partial charge in [0.2, 0.25) is 17.6 Å². The summed E-state index contributed by atoms with van der Waals surface area (Å²) < 4.78 is 41.8. The lowest BCUT2D eigenvalue weighted by Crippen LogP contribution is -2.55. The molecule has 0 unspecified atom stereocenters.